The summed E-state index contributed by atoms with van der Waals surface area (Å²) in [5.74, 6) is -0.793. The van der Waals surface area contributed by atoms with Gasteiger partial charge in [0.25, 0.3) is 0 Å². The SMILES string of the molecule is CC(C)(C)C(=O)Oc1ccc(/C(=C(\CCC(=O)O)c2ccccc2)c2ccc(NC(=O)CN3CCCCC3)cc2)cc1. The zero-order valence-electron chi connectivity index (χ0n) is 24.7. The minimum atomic E-state index is -0.876. The standard InChI is InChI=1S/C35H40N2O5/c1-35(2,3)34(41)42-29-18-14-27(15-19-29)33(30(20-21-32(39)40)25-10-6-4-7-11-25)26-12-16-28(17-13-26)36-31(38)24-37-22-8-5-9-23-37/h4,6-7,10-19H,5,8-9,20-24H2,1-3H3,(H,36,38)(H,39,40)/b33-30+. The van der Waals surface area contributed by atoms with Gasteiger partial charge in [-0.1, -0.05) is 61.0 Å². The predicted octanol–water partition coefficient (Wildman–Crippen LogP) is 6.89. The fourth-order valence-corrected chi connectivity index (χ4v) is 4.99. The molecule has 1 heterocycles. The highest BCUT2D eigenvalue weighted by Gasteiger charge is 2.24. The average Bonchev–Trinajstić information content (AvgIpc) is 2.97. The summed E-state index contributed by atoms with van der Waals surface area (Å²) < 4.78 is 5.57. The number of likely N-dealkylation sites (tertiary alicyclic amines) is 1. The summed E-state index contributed by atoms with van der Waals surface area (Å²) in [6, 6.07) is 24.7. The van der Waals surface area contributed by atoms with Gasteiger partial charge in [-0.25, -0.2) is 0 Å². The average molecular weight is 569 g/mol. The Morgan fingerprint density at radius 3 is 1.95 bits per heavy atom. The van der Waals surface area contributed by atoms with E-state index in [0.29, 0.717) is 24.4 Å². The number of allylic oxidation sites excluding steroid dienone is 1. The highest BCUT2D eigenvalue weighted by Crippen LogP contribution is 2.36. The highest BCUT2D eigenvalue weighted by molar-refractivity contribution is 6.00. The van der Waals surface area contributed by atoms with E-state index in [1.807, 2.05) is 66.7 Å². The van der Waals surface area contributed by atoms with E-state index in [4.69, 9.17) is 4.74 Å². The van der Waals surface area contributed by atoms with E-state index in [-0.39, 0.29) is 18.3 Å². The molecule has 1 fully saturated rings. The Kier molecular flexibility index (Phi) is 10.3. The molecule has 1 aliphatic rings. The lowest BCUT2D eigenvalue weighted by molar-refractivity contribution is -0.143. The second kappa shape index (κ2) is 14.1. The van der Waals surface area contributed by atoms with Crippen LogP contribution in [0.15, 0.2) is 78.9 Å². The third-order valence-corrected chi connectivity index (χ3v) is 7.25. The number of hydrogen-bond donors (Lipinski definition) is 2. The van der Waals surface area contributed by atoms with E-state index < -0.39 is 11.4 Å². The smallest absolute Gasteiger partial charge is 0.316 e. The molecular formula is C35H40N2O5. The lowest BCUT2D eigenvalue weighted by Crippen LogP contribution is -2.36. The van der Waals surface area contributed by atoms with Gasteiger partial charge < -0.3 is 15.2 Å². The summed E-state index contributed by atoms with van der Waals surface area (Å²) in [6.07, 6.45) is 3.77. The molecule has 3 aromatic rings. The van der Waals surface area contributed by atoms with Crippen molar-refractivity contribution in [3.05, 3.63) is 95.6 Å². The third-order valence-electron chi connectivity index (χ3n) is 7.25. The number of nitrogens with one attached hydrogen (secondary N) is 1. The molecule has 7 nitrogen and oxygen atoms in total. The minimum absolute atomic E-state index is 0.0281. The Bertz CT molecular complexity index is 1400. The normalized spacial score (nSPS) is 14.5. The maximum absolute atomic E-state index is 12.7. The lowest BCUT2D eigenvalue weighted by Gasteiger charge is -2.25. The van der Waals surface area contributed by atoms with Crippen molar-refractivity contribution < 1.29 is 24.2 Å². The number of piperidine rings is 1. The minimum Gasteiger partial charge on any atom is -0.481 e. The van der Waals surface area contributed by atoms with Crippen LogP contribution in [0.2, 0.25) is 0 Å². The first-order valence-electron chi connectivity index (χ1n) is 14.6. The van der Waals surface area contributed by atoms with Crippen molar-refractivity contribution in [3.8, 4) is 5.75 Å². The first kappa shape index (κ1) is 30.7. The zero-order valence-corrected chi connectivity index (χ0v) is 24.7. The van der Waals surface area contributed by atoms with Gasteiger partial charge in [0.2, 0.25) is 5.91 Å². The number of nitrogens with zero attached hydrogens (tertiary/aromatic N) is 1. The second-order valence-corrected chi connectivity index (χ2v) is 11.7. The molecule has 0 saturated carbocycles. The number of anilines is 1. The number of esters is 1. The van der Waals surface area contributed by atoms with Gasteiger partial charge in [0.15, 0.2) is 0 Å². The molecule has 0 unspecified atom stereocenters. The Hall–Kier alpha value is -4.23. The molecule has 42 heavy (non-hydrogen) atoms. The first-order chi connectivity index (χ1) is 20.1. The number of hydrogen-bond acceptors (Lipinski definition) is 5. The van der Waals surface area contributed by atoms with Crippen LogP contribution in [0.25, 0.3) is 11.1 Å². The molecule has 4 rings (SSSR count). The Morgan fingerprint density at radius 2 is 1.38 bits per heavy atom. The van der Waals surface area contributed by atoms with Gasteiger partial charge in [0.1, 0.15) is 5.75 Å². The molecule has 1 aliphatic heterocycles. The van der Waals surface area contributed by atoms with Crippen LogP contribution in [-0.4, -0.2) is 47.5 Å². The molecule has 1 saturated heterocycles. The molecule has 3 aromatic carbocycles. The topological polar surface area (TPSA) is 95.9 Å². The van der Waals surface area contributed by atoms with Gasteiger partial charge in [-0.05, 0) is 105 Å². The van der Waals surface area contributed by atoms with Crippen LogP contribution in [0.3, 0.4) is 0 Å². The van der Waals surface area contributed by atoms with Crippen molar-refractivity contribution in [1.82, 2.24) is 4.90 Å². The van der Waals surface area contributed by atoms with Crippen molar-refractivity contribution in [3.63, 3.8) is 0 Å². The van der Waals surface area contributed by atoms with Crippen LogP contribution >= 0.6 is 0 Å². The van der Waals surface area contributed by atoms with Crippen LogP contribution in [0.4, 0.5) is 5.69 Å². The van der Waals surface area contributed by atoms with E-state index in [9.17, 15) is 19.5 Å². The summed E-state index contributed by atoms with van der Waals surface area (Å²) >= 11 is 0. The number of carboxylic acid groups (broad SMARTS) is 1. The summed E-state index contributed by atoms with van der Waals surface area (Å²) in [5.41, 5.74) is 4.50. The van der Waals surface area contributed by atoms with Crippen molar-refractivity contribution in [1.29, 1.82) is 0 Å². The predicted molar refractivity (Wildman–Crippen MR) is 166 cm³/mol. The van der Waals surface area contributed by atoms with Crippen LogP contribution in [0, 0.1) is 5.41 Å². The first-order valence-corrected chi connectivity index (χ1v) is 14.6. The number of carboxylic acids is 1. The van der Waals surface area contributed by atoms with E-state index in [1.165, 1.54) is 6.42 Å². The molecule has 7 heteroatoms. The van der Waals surface area contributed by atoms with Gasteiger partial charge in [-0.15, -0.1) is 0 Å². The Labute approximate surface area is 248 Å². The van der Waals surface area contributed by atoms with E-state index >= 15 is 0 Å². The molecule has 0 aliphatic carbocycles. The molecule has 0 spiro atoms. The molecule has 220 valence electrons. The van der Waals surface area contributed by atoms with Gasteiger partial charge in [-0.2, -0.15) is 0 Å². The van der Waals surface area contributed by atoms with Crippen molar-refractivity contribution in [2.24, 2.45) is 5.41 Å². The summed E-state index contributed by atoms with van der Waals surface area (Å²) in [4.78, 5) is 38.9. The molecular weight excluding hydrogens is 528 g/mol. The van der Waals surface area contributed by atoms with E-state index in [0.717, 1.165) is 53.8 Å². The number of carbonyl (C=O) groups is 3. The zero-order chi connectivity index (χ0) is 30.1. The highest BCUT2D eigenvalue weighted by atomic mass is 16.5. The number of carbonyl (C=O) groups excluding carboxylic acids is 2. The molecule has 2 N–H and O–H groups in total. The fourth-order valence-electron chi connectivity index (χ4n) is 4.99. The van der Waals surface area contributed by atoms with Gasteiger partial charge >= 0.3 is 11.9 Å². The van der Waals surface area contributed by atoms with Gasteiger partial charge in [0, 0.05) is 12.1 Å². The fraction of sp³-hybridized carbons (Fsp3) is 0.343. The maximum Gasteiger partial charge on any atom is 0.316 e. The Morgan fingerprint density at radius 1 is 0.786 bits per heavy atom. The number of benzene rings is 3. The molecule has 0 radical (unpaired) electrons. The van der Waals surface area contributed by atoms with Crippen molar-refractivity contribution in [2.75, 3.05) is 25.0 Å². The largest absolute Gasteiger partial charge is 0.481 e. The number of rotatable bonds is 10. The van der Waals surface area contributed by atoms with Gasteiger partial charge in [-0.3, -0.25) is 19.3 Å². The van der Waals surface area contributed by atoms with E-state index in [2.05, 4.69) is 10.2 Å². The van der Waals surface area contributed by atoms with Crippen LogP contribution < -0.4 is 10.1 Å². The number of ether oxygens (including phenoxy) is 1. The quantitative estimate of drug-likeness (QED) is 0.157. The summed E-state index contributed by atoms with van der Waals surface area (Å²) in [7, 11) is 0. The maximum atomic E-state index is 12.7. The van der Waals surface area contributed by atoms with Crippen molar-refractivity contribution in [2.45, 2.75) is 52.9 Å². The molecule has 0 bridgehead atoms. The van der Waals surface area contributed by atoms with Crippen molar-refractivity contribution >= 4 is 34.7 Å². The number of aliphatic carboxylic acids is 1. The monoisotopic (exact) mass is 568 g/mol. The molecule has 1 amide bonds. The summed E-state index contributed by atoms with van der Waals surface area (Å²) in [6.45, 7) is 7.70. The van der Waals surface area contributed by atoms with E-state index in [1.54, 1.807) is 32.9 Å². The van der Waals surface area contributed by atoms with Crippen LogP contribution in [0.5, 0.6) is 5.75 Å². The van der Waals surface area contributed by atoms with Crippen LogP contribution in [-0.2, 0) is 14.4 Å². The lowest BCUT2D eigenvalue weighted by atomic mass is 9.87. The third kappa shape index (κ3) is 8.63. The molecule has 0 aromatic heterocycles. The molecule has 0 atom stereocenters. The van der Waals surface area contributed by atoms with Gasteiger partial charge in [0.05, 0.1) is 12.0 Å². The van der Waals surface area contributed by atoms with Crippen LogP contribution in [0.1, 0.15) is 69.6 Å². The second-order valence-electron chi connectivity index (χ2n) is 11.7. The number of amides is 1. The Balaban J connectivity index is 1.68. The summed E-state index contributed by atoms with van der Waals surface area (Å²) in [5, 5.41) is 12.6.